The minimum atomic E-state index is -0.323. The molecule has 1 fully saturated rings. The fourth-order valence-electron chi connectivity index (χ4n) is 2.54. The van der Waals surface area contributed by atoms with E-state index in [0.717, 1.165) is 30.5 Å². The quantitative estimate of drug-likeness (QED) is 0.589. The molecule has 122 valence electrons. The van der Waals surface area contributed by atoms with Crippen LogP contribution in [0.2, 0.25) is 5.15 Å². The van der Waals surface area contributed by atoms with E-state index >= 15 is 0 Å². The smallest absolute Gasteiger partial charge is 0.341 e. The second-order valence-corrected chi connectivity index (χ2v) is 6.37. The molecule has 0 amide bonds. The SMILES string of the molecule is CCC(C)n1ncc(C(=O)OCc2ccc(Cl)nc2)c1C1CC1. The maximum atomic E-state index is 12.4. The first kappa shape index (κ1) is 16.0. The van der Waals surface area contributed by atoms with Crippen molar-refractivity contribution in [1.29, 1.82) is 0 Å². The molecule has 1 aliphatic rings. The van der Waals surface area contributed by atoms with Crippen molar-refractivity contribution in [3.05, 3.63) is 46.5 Å². The second kappa shape index (κ2) is 6.71. The first-order chi connectivity index (χ1) is 11.1. The summed E-state index contributed by atoms with van der Waals surface area (Å²) in [6.07, 6.45) is 6.46. The van der Waals surface area contributed by atoms with Crippen LogP contribution in [0, 0.1) is 0 Å². The van der Waals surface area contributed by atoms with Crippen LogP contribution in [-0.2, 0) is 11.3 Å². The zero-order valence-corrected chi connectivity index (χ0v) is 14.1. The molecule has 0 spiro atoms. The van der Waals surface area contributed by atoms with E-state index in [1.165, 1.54) is 0 Å². The number of rotatable bonds is 6. The molecule has 6 heteroatoms. The van der Waals surface area contributed by atoms with Crippen molar-refractivity contribution < 1.29 is 9.53 Å². The Hall–Kier alpha value is -1.88. The van der Waals surface area contributed by atoms with Crippen molar-refractivity contribution in [2.45, 2.75) is 51.7 Å². The molecular formula is C17H20ClN3O2. The molecule has 23 heavy (non-hydrogen) atoms. The first-order valence-electron chi connectivity index (χ1n) is 7.95. The summed E-state index contributed by atoms with van der Waals surface area (Å²) in [5.41, 5.74) is 2.43. The van der Waals surface area contributed by atoms with E-state index in [9.17, 15) is 4.79 Å². The molecule has 0 aromatic carbocycles. The molecule has 0 bridgehead atoms. The lowest BCUT2D eigenvalue weighted by Gasteiger charge is -2.14. The first-order valence-corrected chi connectivity index (χ1v) is 8.33. The Morgan fingerprint density at radius 3 is 2.83 bits per heavy atom. The van der Waals surface area contributed by atoms with E-state index in [-0.39, 0.29) is 18.6 Å². The monoisotopic (exact) mass is 333 g/mol. The second-order valence-electron chi connectivity index (χ2n) is 5.98. The van der Waals surface area contributed by atoms with Gasteiger partial charge in [-0.3, -0.25) is 4.68 Å². The number of halogens is 1. The third-order valence-corrected chi connectivity index (χ3v) is 4.41. The van der Waals surface area contributed by atoms with E-state index < -0.39 is 0 Å². The lowest BCUT2D eigenvalue weighted by atomic mass is 10.1. The van der Waals surface area contributed by atoms with Crippen molar-refractivity contribution in [1.82, 2.24) is 14.8 Å². The maximum Gasteiger partial charge on any atom is 0.341 e. The highest BCUT2D eigenvalue weighted by Crippen LogP contribution is 2.42. The highest BCUT2D eigenvalue weighted by atomic mass is 35.5. The molecule has 1 aliphatic carbocycles. The van der Waals surface area contributed by atoms with Gasteiger partial charge in [-0.25, -0.2) is 9.78 Å². The van der Waals surface area contributed by atoms with Crippen LogP contribution in [0.4, 0.5) is 0 Å². The molecule has 1 unspecified atom stereocenters. The van der Waals surface area contributed by atoms with Crippen molar-refractivity contribution in [2.24, 2.45) is 0 Å². The predicted octanol–water partition coefficient (Wildman–Crippen LogP) is 4.14. The highest BCUT2D eigenvalue weighted by molar-refractivity contribution is 6.29. The van der Waals surface area contributed by atoms with E-state index in [1.807, 2.05) is 4.68 Å². The zero-order valence-electron chi connectivity index (χ0n) is 13.3. The number of carbonyl (C=O) groups is 1. The summed E-state index contributed by atoms with van der Waals surface area (Å²) in [7, 11) is 0. The van der Waals surface area contributed by atoms with Gasteiger partial charge >= 0.3 is 5.97 Å². The fourth-order valence-corrected chi connectivity index (χ4v) is 2.65. The number of hydrogen-bond donors (Lipinski definition) is 0. The molecule has 3 rings (SSSR count). The van der Waals surface area contributed by atoms with Crippen LogP contribution in [0.3, 0.4) is 0 Å². The fraction of sp³-hybridized carbons (Fsp3) is 0.471. The van der Waals surface area contributed by atoms with E-state index in [2.05, 4.69) is 23.9 Å². The molecule has 0 saturated heterocycles. The molecule has 0 N–H and O–H groups in total. The number of esters is 1. The predicted molar refractivity (Wildman–Crippen MR) is 87.6 cm³/mol. The average molecular weight is 334 g/mol. The average Bonchev–Trinajstić information content (AvgIpc) is 3.31. The van der Waals surface area contributed by atoms with E-state index in [0.29, 0.717) is 16.6 Å². The van der Waals surface area contributed by atoms with Crippen molar-refractivity contribution in [3.63, 3.8) is 0 Å². The Kier molecular flexibility index (Phi) is 4.66. The Balaban J connectivity index is 1.74. The van der Waals surface area contributed by atoms with Gasteiger partial charge in [0.1, 0.15) is 17.3 Å². The van der Waals surface area contributed by atoms with Crippen LogP contribution in [0.15, 0.2) is 24.5 Å². The van der Waals surface area contributed by atoms with Crippen LogP contribution in [0.5, 0.6) is 0 Å². The van der Waals surface area contributed by atoms with Gasteiger partial charge in [-0.2, -0.15) is 5.10 Å². The lowest BCUT2D eigenvalue weighted by molar-refractivity contribution is 0.0470. The van der Waals surface area contributed by atoms with Crippen LogP contribution >= 0.6 is 11.6 Å². The number of pyridine rings is 1. The summed E-state index contributed by atoms with van der Waals surface area (Å²) < 4.78 is 7.41. The normalized spacial score (nSPS) is 15.4. The third-order valence-electron chi connectivity index (χ3n) is 4.18. The number of ether oxygens (including phenoxy) is 1. The highest BCUT2D eigenvalue weighted by Gasteiger charge is 2.33. The number of carbonyl (C=O) groups excluding carboxylic acids is 1. The minimum absolute atomic E-state index is 0.182. The van der Waals surface area contributed by atoms with Gasteiger partial charge < -0.3 is 4.74 Å². The minimum Gasteiger partial charge on any atom is -0.457 e. The van der Waals surface area contributed by atoms with Gasteiger partial charge in [0.05, 0.1) is 11.9 Å². The molecule has 0 radical (unpaired) electrons. The summed E-state index contributed by atoms with van der Waals surface area (Å²) in [6.45, 7) is 4.42. The summed E-state index contributed by atoms with van der Waals surface area (Å²) in [5, 5.41) is 4.84. The largest absolute Gasteiger partial charge is 0.457 e. The Morgan fingerprint density at radius 1 is 1.43 bits per heavy atom. The molecule has 5 nitrogen and oxygen atoms in total. The van der Waals surface area contributed by atoms with Gasteiger partial charge in [-0.1, -0.05) is 24.6 Å². The van der Waals surface area contributed by atoms with Gasteiger partial charge in [0.15, 0.2) is 0 Å². The molecule has 1 saturated carbocycles. The summed E-state index contributed by atoms with van der Waals surface area (Å²) in [6, 6.07) is 3.77. The maximum absolute atomic E-state index is 12.4. The number of aromatic nitrogens is 3. The van der Waals surface area contributed by atoms with Gasteiger partial charge in [-0.15, -0.1) is 0 Å². The van der Waals surface area contributed by atoms with Crippen molar-refractivity contribution in [2.75, 3.05) is 0 Å². The third kappa shape index (κ3) is 3.55. The molecule has 2 aromatic rings. The van der Waals surface area contributed by atoms with E-state index in [1.54, 1.807) is 24.5 Å². The molecule has 2 heterocycles. The summed E-state index contributed by atoms with van der Waals surface area (Å²) in [5.74, 6) is 0.114. The van der Waals surface area contributed by atoms with Gasteiger partial charge in [0, 0.05) is 23.7 Å². The molecule has 0 aliphatic heterocycles. The Labute approximate surface area is 140 Å². The Morgan fingerprint density at radius 2 is 2.22 bits per heavy atom. The van der Waals surface area contributed by atoms with Gasteiger partial charge in [-0.05, 0) is 32.3 Å². The van der Waals surface area contributed by atoms with E-state index in [4.69, 9.17) is 16.3 Å². The zero-order chi connectivity index (χ0) is 16.4. The summed E-state index contributed by atoms with van der Waals surface area (Å²) >= 11 is 5.75. The number of hydrogen-bond acceptors (Lipinski definition) is 4. The van der Waals surface area contributed by atoms with Gasteiger partial charge in [0.25, 0.3) is 0 Å². The van der Waals surface area contributed by atoms with Crippen LogP contribution in [0.1, 0.15) is 66.7 Å². The standard InChI is InChI=1S/C17H20ClN3O2/c1-3-11(2)21-16(13-5-6-13)14(9-20-21)17(22)23-10-12-4-7-15(18)19-8-12/h4,7-9,11,13H,3,5-6,10H2,1-2H3. The van der Waals surface area contributed by atoms with Gasteiger partial charge in [0.2, 0.25) is 0 Å². The molecular weight excluding hydrogens is 314 g/mol. The topological polar surface area (TPSA) is 57.0 Å². The van der Waals surface area contributed by atoms with Crippen LogP contribution < -0.4 is 0 Å². The lowest BCUT2D eigenvalue weighted by Crippen LogP contribution is -2.12. The van der Waals surface area contributed by atoms with Crippen LogP contribution in [-0.4, -0.2) is 20.7 Å². The number of nitrogens with zero attached hydrogens (tertiary/aromatic N) is 3. The van der Waals surface area contributed by atoms with Crippen molar-refractivity contribution >= 4 is 17.6 Å². The van der Waals surface area contributed by atoms with Crippen LogP contribution in [0.25, 0.3) is 0 Å². The summed E-state index contributed by atoms with van der Waals surface area (Å²) in [4.78, 5) is 16.4. The van der Waals surface area contributed by atoms with Crippen molar-refractivity contribution in [3.8, 4) is 0 Å². The molecule has 2 aromatic heterocycles. The Bertz CT molecular complexity index is 692. The molecule has 1 atom stereocenters.